The molecule has 1 amide bonds. The fourth-order valence-electron chi connectivity index (χ4n) is 2.03. The highest BCUT2D eigenvalue weighted by atomic mass is 31.2. The second kappa shape index (κ2) is 8.94. The van der Waals surface area contributed by atoms with Crippen LogP contribution >= 0.6 is 7.28 Å². The predicted molar refractivity (Wildman–Crippen MR) is 80.7 cm³/mol. The van der Waals surface area contributed by atoms with Crippen LogP contribution in [0.2, 0.25) is 0 Å². The van der Waals surface area contributed by atoms with Gasteiger partial charge in [0.15, 0.2) is 0 Å². The van der Waals surface area contributed by atoms with Gasteiger partial charge in [-0.25, -0.2) is 0 Å². The standard InChI is InChI=1S/C14H27F3NO2P/c1-6-7-8-20-21(9-11(2)3,10-12(4)5)18-13(19)14(15,16)17/h11-12H,6-10H2,1-5H3. The number of carbonyl (C=O) groups is 1. The van der Waals surface area contributed by atoms with Crippen LogP contribution in [0.25, 0.3) is 0 Å². The van der Waals surface area contributed by atoms with Crippen LogP contribution in [0.4, 0.5) is 13.2 Å². The molecule has 0 aliphatic rings. The molecule has 0 aromatic heterocycles. The lowest BCUT2D eigenvalue weighted by molar-refractivity contribution is -0.169. The molecule has 0 atom stereocenters. The quantitative estimate of drug-likeness (QED) is 0.446. The zero-order valence-electron chi connectivity index (χ0n) is 13.5. The minimum atomic E-state index is -4.92. The Kier molecular flexibility index (Phi) is 8.79. The number of unbranched alkanes of at least 4 members (excludes halogenated alkanes) is 1. The number of rotatable bonds is 8. The van der Waals surface area contributed by atoms with Crippen LogP contribution in [0.5, 0.6) is 0 Å². The normalized spacial score (nSPS) is 13.0. The average Bonchev–Trinajstić information content (AvgIpc) is 2.25. The number of nitrogens with zero attached hydrogens (tertiary/aromatic N) is 1. The number of hydrogen-bond donors (Lipinski definition) is 0. The van der Waals surface area contributed by atoms with Crippen molar-refractivity contribution in [2.45, 2.75) is 53.6 Å². The molecule has 0 heterocycles. The summed E-state index contributed by atoms with van der Waals surface area (Å²) < 4.78 is 47.0. The second-order valence-corrected chi connectivity index (χ2v) is 8.97. The van der Waals surface area contributed by atoms with Gasteiger partial charge in [-0.3, -0.25) is 4.79 Å². The fraction of sp³-hybridized carbons (Fsp3) is 0.929. The summed E-state index contributed by atoms with van der Waals surface area (Å²) in [6.45, 7) is 9.97. The Balaban J connectivity index is 5.52. The van der Waals surface area contributed by atoms with Crippen molar-refractivity contribution < 1.29 is 22.5 Å². The number of alkyl halides is 3. The Bertz CT molecular complexity index is 365. The predicted octanol–water partition coefficient (Wildman–Crippen LogP) is 5.32. The Morgan fingerprint density at radius 1 is 1.14 bits per heavy atom. The highest BCUT2D eigenvalue weighted by molar-refractivity contribution is 7.61. The van der Waals surface area contributed by atoms with E-state index in [2.05, 4.69) is 4.74 Å². The van der Waals surface area contributed by atoms with E-state index < -0.39 is 19.4 Å². The fourth-order valence-corrected chi connectivity index (χ4v) is 5.81. The minimum Gasteiger partial charge on any atom is -0.344 e. The second-order valence-electron chi connectivity index (χ2n) is 6.09. The van der Waals surface area contributed by atoms with Gasteiger partial charge < -0.3 is 4.52 Å². The molecule has 0 aliphatic heterocycles. The van der Waals surface area contributed by atoms with Gasteiger partial charge in [-0.15, -0.1) is 0 Å². The molecule has 0 bridgehead atoms. The molecule has 0 rings (SSSR count). The molecule has 0 aromatic carbocycles. The van der Waals surface area contributed by atoms with Gasteiger partial charge in [-0.05, 0) is 18.3 Å². The average molecular weight is 329 g/mol. The zero-order valence-corrected chi connectivity index (χ0v) is 14.4. The molecule has 0 spiro atoms. The largest absolute Gasteiger partial charge is 0.473 e. The molecule has 0 radical (unpaired) electrons. The number of carbonyl (C=O) groups excluding carboxylic acids is 1. The Morgan fingerprint density at radius 2 is 1.62 bits per heavy atom. The molecule has 0 saturated carbocycles. The first-order valence-corrected chi connectivity index (χ1v) is 9.41. The first-order valence-electron chi connectivity index (χ1n) is 7.38. The molecular formula is C14H27F3NO2P. The van der Waals surface area contributed by atoms with Gasteiger partial charge in [-0.2, -0.15) is 17.9 Å². The maximum atomic E-state index is 12.6. The van der Waals surface area contributed by atoms with Crippen molar-refractivity contribution in [3.05, 3.63) is 0 Å². The lowest BCUT2D eigenvalue weighted by atomic mass is 10.3. The van der Waals surface area contributed by atoms with Crippen LogP contribution in [0.1, 0.15) is 47.5 Å². The molecule has 0 unspecified atom stereocenters. The van der Waals surface area contributed by atoms with E-state index in [9.17, 15) is 18.0 Å². The van der Waals surface area contributed by atoms with Crippen LogP contribution in [0, 0.1) is 11.8 Å². The highest BCUT2D eigenvalue weighted by Gasteiger charge is 2.40. The summed E-state index contributed by atoms with van der Waals surface area (Å²) >= 11 is 0. The van der Waals surface area contributed by atoms with E-state index in [1.165, 1.54) is 0 Å². The van der Waals surface area contributed by atoms with E-state index in [1.54, 1.807) is 0 Å². The maximum absolute atomic E-state index is 12.6. The van der Waals surface area contributed by atoms with Crippen molar-refractivity contribution >= 4 is 13.2 Å². The van der Waals surface area contributed by atoms with E-state index in [0.717, 1.165) is 12.8 Å². The summed E-state index contributed by atoms with van der Waals surface area (Å²) in [6, 6.07) is 0. The summed E-state index contributed by atoms with van der Waals surface area (Å²) in [7, 11) is -2.74. The van der Waals surface area contributed by atoms with E-state index in [4.69, 9.17) is 4.52 Å². The van der Waals surface area contributed by atoms with Gasteiger partial charge in [0.05, 0.1) is 13.9 Å². The molecule has 0 saturated heterocycles. The van der Waals surface area contributed by atoms with E-state index >= 15 is 0 Å². The van der Waals surface area contributed by atoms with E-state index in [-0.39, 0.29) is 11.8 Å². The van der Waals surface area contributed by atoms with Crippen molar-refractivity contribution in [1.82, 2.24) is 0 Å². The van der Waals surface area contributed by atoms with Crippen molar-refractivity contribution in [3.63, 3.8) is 0 Å². The van der Waals surface area contributed by atoms with Crippen LogP contribution < -0.4 is 0 Å². The third-order valence-corrected chi connectivity index (χ3v) is 6.46. The SMILES string of the molecule is CCCCOP(CC(C)C)(CC(C)C)=NC(=O)C(F)(F)F. The molecule has 3 nitrogen and oxygen atoms in total. The monoisotopic (exact) mass is 329 g/mol. The number of amides is 1. The van der Waals surface area contributed by atoms with Gasteiger partial charge in [0.2, 0.25) is 0 Å². The van der Waals surface area contributed by atoms with Gasteiger partial charge in [0.25, 0.3) is 0 Å². The van der Waals surface area contributed by atoms with Crippen LogP contribution in [0.15, 0.2) is 4.74 Å². The highest BCUT2D eigenvalue weighted by Crippen LogP contribution is 2.54. The first-order chi connectivity index (χ1) is 9.52. The molecule has 21 heavy (non-hydrogen) atoms. The molecule has 0 aromatic rings. The Hall–Kier alpha value is -0.350. The van der Waals surface area contributed by atoms with Crippen molar-refractivity contribution in [3.8, 4) is 0 Å². The maximum Gasteiger partial charge on any atom is 0.473 e. The first kappa shape index (κ1) is 20.6. The number of halogens is 3. The van der Waals surface area contributed by atoms with E-state index in [0.29, 0.717) is 18.9 Å². The molecule has 0 aliphatic carbocycles. The van der Waals surface area contributed by atoms with Gasteiger partial charge in [-0.1, -0.05) is 41.0 Å². The van der Waals surface area contributed by atoms with E-state index in [1.807, 2.05) is 34.6 Å². The zero-order chi connectivity index (χ0) is 16.7. The van der Waals surface area contributed by atoms with Crippen molar-refractivity contribution in [2.75, 3.05) is 18.9 Å². The topological polar surface area (TPSA) is 38.7 Å². The number of hydrogen-bond acceptors (Lipinski definition) is 2. The summed E-state index contributed by atoms with van der Waals surface area (Å²) in [5.41, 5.74) is 0. The van der Waals surface area contributed by atoms with Crippen LogP contribution in [0.3, 0.4) is 0 Å². The summed E-state index contributed by atoms with van der Waals surface area (Å²) in [5, 5.41) is 0. The molecule has 0 N–H and O–H groups in total. The van der Waals surface area contributed by atoms with Gasteiger partial charge >= 0.3 is 12.1 Å². The lowest BCUT2D eigenvalue weighted by Crippen LogP contribution is -2.22. The lowest BCUT2D eigenvalue weighted by Gasteiger charge is -2.28. The summed E-state index contributed by atoms with van der Waals surface area (Å²) in [4.78, 5) is 11.3. The minimum absolute atomic E-state index is 0.128. The van der Waals surface area contributed by atoms with Gasteiger partial charge in [0.1, 0.15) is 0 Å². The van der Waals surface area contributed by atoms with Crippen molar-refractivity contribution in [1.29, 1.82) is 0 Å². The van der Waals surface area contributed by atoms with Crippen LogP contribution in [-0.4, -0.2) is 31.0 Å². The van der Waals surface area contributed by atoms with Crippen molar-refractivity contribution in [2.24, 2.45) is 16.6 Å². The summed E-state index contributed by atoms with van der Waals surface area (Å²) in [6.07, 6.45) is -2.45. The Labute approximate surface area is 125 Å². The molecular weight excluding hydrogens is 302 g/mol. The Morgan fingerprint density at radius 3 is 1.95 bits per heavy atom. The summed E-state index contributed by atoms with van der Waals surface area (Å²) in [5.74, 6) is -1.75. The molecule has 7 heteroatoms. The third-order valence-electron chi connectivity index (χ3n) is 2.65. The smallest absolute Gasteiger partial charge is 0.344 e. The third kappa shape index (κ3) is 8.62. The molecule has 126 valence electrons. The van der Waals surface area contributed by atoms with Crippen LogP contribution in [-0.2, 0) is 9.32 Å². The molecule has 0 fully saturated rings. The van der Waals surface area contributed by atoms with Gasteiger partial charge in [0, 0.05) is 12.3 Å².